The van der Waals surface area contributed by atoms with Gasteiger partial charge in [-0.3, -0.25) is 4.79 Å². The van der Waals surface area contributed by atoms with Crippen molar-refractivity contribution in [3.8, 4) is 0 Å². The van der Waals surface area contributed by atoms with Gasteiger partial charge in [0.2, 0.25) is 0 Å². The predicted molar refractivity (Wildman–Crippen MR) is 50.9 cm³/mol. The van der Waals surface area contributed by atoms with Gasteiger partial charge in [-0.05, 0) is 19.8 Å². The molecule has 14 heavy (non-hydrogen) atoms. The zero-order valence-electron chi connectivity index (χ0n) is 8.66. The SMILES string of the molecule is COC1CC(NC2CC(C)OC2=O)C1. The molecule has 1 saturated carbocycles. The van der Waals surface area contributed by atoms with Gasteiger partial charge in [0.05, 0.1) is 6.10 Å². The van der Waals surface area contributed by atoms with Gasteiger partial charge in [0, 0.05) is 19.6 Å². The molecule has 1 saturated heterocycles. The molecule has 4 heteroatoms. The van der Waals surface area contributed by atoms with E-state index in [1.807, 2.05) is 6.92 Å². The Balaban J connectivity index is 1.74. The highest BCUT2D eigenvalue weighted by Gasteiger charge is 2.37. The average molecular weight is 199 g/mol. The molecule has 0 radical (unpaired) electrons. The third-order valence-corrected chi connectivity index (χ3v) is 3.03. The van der Waals surface area contributed by atoms with E-state index >= 15 is 0 Å². The lowest BCUT2D eigenvalue weighted by Crippen LogP contribution is -2.50. The Bertz CT molecular complexity index is 225. The molecule has 2 atom stereocenters. The van der Waals surface area contributed by atoms with Crippen molar-refractivity contribution in [2.45, 2.75) is 50.5 Å². The molecule has 2 unspecified atom stereocenters. The molecule has 2 rings (SSSR count). The molecule has 0 aromatic heterocycles. The van der Waals surface area contributed by atoms with Crippen LogP contribution in [0.25, 0.3) is 0 Å². The molecular formula is C10H17NO3. The molecule has 0 bridgehead atoms. The van der Waals surface area contributed by atoms with Gasteiger partial charge >= 0.3 is 5.97 Å². The number of carbonyl (C=O) groups excluding carboxylic acids is 1. The minimum absolute atomic E-state index is 0.0679. The van der Waals surface area contributed by atoms with Gasteiger partial charge < -0.3 is 14.8 Å². The number of esters is 1. The molecule has 0 amide bonds. The van der Waals surface area contributed by atoms with Crippen LogP contribution in [0.2, 0.25) is 0 Å². The van der Waals surface area contributed by atoms with Crippen LogP contribution < -0.4 is 5.32 Å². The Kier molecular flexibility index (Phi) is 2.74. The second kappa shape index (κ2) is 3.87. The number of ether oxygens (including phenoxy) is 2. The highest BCUT2D eigenvalue weighted by molar-refractivity contribution is 5.78. The molecule has 1 aliphatic heterocycles. The fourth-order valence-electron chi connectivity index (χ4n) is 2.07. The minimum Gasteiger partial charge on any atom is -0.461 e. The van der Waals surface area contributed by atoms with E-state index in [2.05, 4.69) is 5.32 Å². The summed E-state index contributed by atoms with van der Waals surface area (Å²) in [6.07, 6.45) is 3.26. The second-order valence-corrected chi connectivity index (χ2v) is 4.23. The molecule has 1 N–H and O–H groups in total. The van der Waals surface area contributed by atoms with Crippen LogP contribution in [-0.4, -0.2) is 37.4 Å². The number of hydrogen-bond donors (Lipinski definition) is 1. The summed E-state index contributed by atoms with van der Waals surface area (Å²) in [5.41, 5.74) is 0. The average Bonchev–Trinajstić information content (AvgIpc) is 2.37. The fourth-order valence-corrected chi connectivity index (χ4v) is 2.07. The van der Waals surface area contributed by atoms with Crippen LogP contribution in [0.5, 0.6) is 0 Å². The molecule has 0 aromatic rings. The summed E-state index contributed by atoms with van der Waals surface area (Å²) < 4.78 is 10.2. The number of nitrogens with one attached hydrogen (secondary N) is 1. The Morgan fingerprint density at radius 2 is 2.14 bits per heavy atom. The molecule has 80 valence electrons. The van der Waals surface area contributed by atoms with E-state index in [0.29, 0.717) is 12.1 Å². The summed E-state index contributed by atoms with van der Waals surface area (Å²) in [7, 11) is 1.73. The highest BCUT2D eigenvalue weighted by atomic mass is 16.6. The van der Waals surface area contributed by atoms with Gasteiger partial charge in [-0.25, -0.2) is 0 Å². The first kappa shape index (κ1) is 9.93. The van der Waals surface area contributed by atoms with Crippen molar-refractivity contribution in [2.24, 2.45) is 0 Å². The summed E-state index contributed by atoms with van der Waals surface area (Å²) in [4.78, 5) is 11.3. The van der Waals surface area contributed by atoms with Crippen LogP contribution in [0.4, 0.5) is 0 Å². The largest absolute Gasteiger partial charge is 0.461 e. The first-order valence-corrected chi connectivity index (χ1v) is 5.18. The third kappa shape index (κ3) is 1.91. The topological polar surface area (TPSA) is 47.6 Å². The van der Waals surface area contributed by atoms with Gasteiger partial charge in [-0.2, -0.15) is 0 Å². The molecule has 0 aromatic carbocycles. The molecule has 2 aliphatic rings. The third-order valence-electron chi connectivity index (χ3n) is 3.03. The lowest BCUT2D eigenvalue weighted by Gasteiger charge is -2.35. The van der Waals surface area contributed by atoms with Crippen molar-refractivity contribution in [3.63, 3.8) is 0 Å². The van der Waals surface area contributed by atoms with Crippen LogP contribution in [0, 0.1) is 0 Å². The number of carbonyl (C=O) groups is 1. The molecule has 0 spiro atoms. The van der Waals surface area contributed by atoms with E-state index in [-0.39, 0.29) is 18.1 Å². The smallest absolute Gasteiger partial charge is 0.323 e. The van der Waals surface area contributed by atoms with Gasteiger partial charge in [-0.1, -0.05) is 0 Å². The second-order valence-electron chi connectivity index (χ2n) is 4.23. The van der Waals surface area contributed by atoms with Gasteiger partial charge in [0.1, 0.15) is 12.1 Å². The monoisotopic (exact) mass is 199 g/mol. The Morgan fingerprint density at radius 1 is 1.43 bits per heavy atom. The van der Waals surface area contributed by atoms with Crippen molar-refractivity contribution < 1.29 is 14.3 Å². The number of cyclic esters (lactones) is 1. The predicted octanol–water partition coefficient (Wildman–Crippen LogP) is 0.457. The number of hydrogen-bond acceptors (Lipinski definition) is 4. The van der Waals surface area contributed by atoms with E-state index in [9.17, 15) is 4.79 Å². The fraction of sp³-hybridized carbons (Fsp3) is 0.900. The summed E-state index contributed by atoms with van der Waals surface area (Å²) in [6, 6.07) is 0.343. The first-order valence-electron chi connectivity index (χ1n) is 5.18. The van der Waals surface area contributed by atoms with E-state index in [1.165, 1.54) is 0 Å². The lowest BCUT2D eigenvalue weighted by atomic mass is 9.88. The van der Waals surface area contributed by atoms with E-state index in [4.69, 9.17) is 9.47 Å². The molecule has 4 nitrogen and oxygen atoms in total. The van der Waals surface area contributed by atoms with Crippen molar-refractivity contribution in [1.29, 1.82) is 0 Å². The van der Waals surface area contributed by atoms with Gasteiger partial charge in [-0.15, -0.1) is 0 Å². The zero-order chi connectivity index (χ0) is 10.1. The van der Waals surface area contributed by atoms with E-state index in [1.54, 1.807) is 7.11 Å². The summed E-state index contributed by atoms with van der Waals surface area (Å²) >= 11 is 0. The normalized spacial score (nSPS) is 42.0. The van der Waals surface area contributed by atoms with Crippen LogP contribution in [-0.2, 0) is 14.3 Å². The van der Waals surface area contributed by atoms with Crippen LogP contribution in [0.3, 0.4) is 0 Å². The van der Waals surface area contributed by atoms with Crippen molar-refractivity contribution >= 4 is 5.97 Å². The van der Waals surface area contributed by atoms with E-state index < -0.39 is 0 Å². The summed E-state index contributed by atoms with van der Waals surface area (Å²) in [6.45, 7) is 1.93. The van der Waals surface area contributed by atoms with Crippen LogP contribution in [0.15, 0.2) is 0 Å². The molecule has 1 aliphatic carbocycles. The minimum atomic E-state index is -0.0987. The lowest BCUT2D eigenvalue weighted by molar-refractivity contribution is -0.142. The molecule has 2 fully saturated rings. The highest BCUT2D eigenvalue weighted by Crippen LogP contribution is 2.25. The van der Waals surface area contributed by atoms with Crippen LogP contribution in [0.1, 0.15) is 26.2 Å². The Labute approximate surface area is 84.0 Å². The van der Waals surface area contributed by atoms with Gasteiger partial charge in [0.15, 0.2) is 0 Å². The summed E-state index contributed by atoms with van der Waals surface area (Å²) in [5, 5.41) is 3.31. The number of methoxy groups -OCH3 is 1. The quantitative estimate of drug-likeness (QED) is 0.671. The van der Waals surface area contributed by atoms with Crippen molar-refractivity contribution in [1.82, 2.24) is 5.32 Å². The maximum absolute atomic E-state index is 11.3. The maximum Gasteiger partial charge on any atom is 0.323 e. The Hall–Kier alpha value is -0.610. The standard InChI is InChI=1S/C10H17NO3/c1-6-3-9(10(12)14-6)11-7-4-8(5-7)13-2/h6-9,11H,3-5H2,1-2H3. The molecular weight excluding hydrogens is 182 g/mol. The molecule has 1 heterocycles. The summed E-state index contributed by atoms with van der Waals surface area (Å²) in [5.74, 6) is -0.0987. The first-order chi connectivity index (χ1) is 6.69. The maximum atomic E-state index is 11.3. The van der Waals surface area contributed by atoms with Gasteiger partial charge in [0.25, 0.3) is 0 Å². The van der Waals surface area contributed by atoms with E-state index in [0.717, 1.165) is 19.3 Å². The van der Waals surface area contributed by atoms with Crippen LogP contribution >= 0.6 is 0 Å². The Morgan fingerprint density at radius 3 is 2.64 bits per heavy atom. The zero-order valence-corrected chi connectivity index (χ0v) is 8.66. The van der Waals surface area contributed by atoms with Crippen molar-refractivity contribution in [2.75, 3.05) is 7.11 Å². The van der Waals surface area contributed by atoms with Crippen molar-refractivity contribution in [3.05, 3.63) is 0 Å². The number of rotatable bonds is 3.